The highest BCUT2D eigenvalue weighted by molar-refractivity contribution is 7.89. The van der Waals surface area contributed by atoms with E-state index in [1.165, 1.54) is 33.5 Å². The minimum Gasteiger partial charge on any atom is -0.481 e. The topological polar surface area (TPSA) is 95.0 Å². The zero-order chi connectivity index (χ0) is 18.8. The summed E-state index contributed by atoms with van der Waals surface area (Å²) in [6.45, 7) is 6.66. The van der Waals surface area contributed by atoms with E-state index >= 15 is 0 Å². The number of likely N-dealkylation sites (tertiary alicyclic amines) is 1. The number of carbonyl (C=O) groups is 2. The summed E-state index contributed by atoms with van der Waals surface area (Å²) in [5, 5.41) is 9.17. The largest absolute Gasteiger partial charge is 0.481 e. The molecule has 1 amide bonds. The fourth-order valence-electron chi connectivity index (χ4n) is 3.12. The Labute approximate surface area is 148 Å². The number of rotatable bonds is 6. The summed E-state index contributed by atoms with van der Waals surface area (Å²) in [7, 11) is -3.56. The van der Waals surface area contributed by atoms with Gasteiger partial charge in [-0.05, 0) is 30.2 Å². The summed E-state index contributed by atoms with van der Waals surface area (Å²) in [6.07, 6.45) is 0. The van der Waals surface area contributed by atoms with Crippen molar-refractivity contribution in [3.05, 3.63) is 29.8 Å². The molecule has 138 valence electrons. The Balaban J connectivity index is 2.18. The van der Waals surface area contributed by atoms with Crippen LogP contribution in [0.25, 0.3) is 0 Å². The van der Waals surface area contributed by atoms with Gasteiger partial charge in [-0.2, -0.15) is 4.31 Å². The van der Waals surface area contributed by atoms with Crippen molar-refractivity contribution in [1.82, 2.24) is 9.21 Å². The van der Waals surface area contributed by atoms with E-state index < -0.39 is 21.9 Å². The van der Waals surface area contributed by atoms with Crippen LogP contribution in [0.4, 0.5) is 0 Å². The molecule has 1 N–H and O–H groups in total. The lowest BCUT2D eigenvalue weighted by molar-refractivity contribution is -0.142. The maximum atomic E-state index is 12.5. The smallest absolute Gasteiger partial charge is 0.308 e. The zero-order valence-electron chi connectivity index (χ0n) is 14.7. The molecular weight excluding hydrogens is 344 g/mol. The first-order valence-electron chi connectivity index (χ1n) is 8.34. The van der Waals surface area contributed by atoms with Gasteiger partial charge in [0.1, 0.15) is 0 Å². The molecule has 0 bridgehead atoms. The molecule has 2 rings (SSSR count). The van der Waals surface area contributed by atoms with Crippen LogP contribution in [0.15, 0.2) is 29.2 Å². The summed E-state index contributed by atoms with van der Waals surface area (Å²) in [4.78, 5) is 25.4. The average molecular weight is 368 g/mol. The monoisotopic (exact) mass is 368 g/mol. The third-order valence-electron chi connectivity index (χ3n) is 4.66. The van der Waals surface area contributed by atoms with Crippen LogP contribution < -0.4 is 0 Å². The van der Waals surface area contributed by atoms with Crippen molar-refractivity contribution in [2.24, 2.45) is 11.8 Å². The van der Waals surface area contributed by atoms with Gasteiger partial charge in [0.2, 0.25) is 10.0 Å². The number of carboxylic acids is 1. The van der Waals surface area contributed by atoms with Crippen molar-refractivity contribution in [2.45, 2.75) is 25.7 Å². The standard InChI is InChI=1S/C17H24N2O5S/c1-4-19(5-2)25(23,24)14-8-6-13(7-9-14)16(20)18-10-12(3)15(11-18)17(21)22/h6-9,12,15H,4-5,10-11H2,1-3H3,(H,21,22)/t12-,15-/m1/s1. The van der Waals surface area contributed by atoms with E-state index in [0.717, 1.165) is 0 Å². The van der Waals surface area contributed by atoms with Gasteiger partial charge in [0, 0.05) is 31.7 Å². The third kappa shape index (κ3) is 3.85. The van der Waals surface area contributed by atoms with Gasteiger partial charge >= 0.3 is 5.97 Å². The molecule has 1 aliphatic rings. The highest BCUT2D eigenvalue weighted by atomic mass is 32.2. The van der Waals surface area contributed by atoms with Crippen LogP contribution >= 0.6 is 0 Å². The van der Waals surface area contributed by atoms with Gasteiger partial charge in [0.25, 0.3) is 5.91 Å². The normalized spacial score (nSPS) is 20.9. The van der Waals surface area contributed by atoms with Gasteiger partial charge in [-0.1, -0.05) is 20.8 Å². The molecule has 2 atom stereocenters. The number of carboxylic acid groups (broad SMARTS) is 1. The third-order valence-corrected chi connectivity index (χ3v) is 6.73. The van der Waals surface area contributed by atoms with Gasteiger partial charge in [-0.25, -0.2) is 8.42 Å². The molecule has 0 unspecified atom stereocenters. The molecule has 7 nitrogen and oxygen atoms in total. The molecule has 1 fully saturated rings. The Morgan fingerprint density at radius 3 is 2.16 bits per heavy atom. The Hall–Kier alpha value is -1.93. The van der Waals surface area contributed by atoms with Crippen molar-refractivity contribution in [3.63, 3.8) is 0 Å². The van der Waals surface area contributed by atoms with E-state index in [1.807, 2.05) is 6.92 Å². The first kappa shape index (κ1) is 19.4. The second-order valence-electron chi connectivity index (χ2n) is 6.25. The Kier molecular flexibility index (Phi) is 5.84. The fourth-order valence-corrected chi connectivity index (χ4v) is 4.58. The number of amides is 1. The molecule has 1 aromatic rings. The van der Waals surface area contributed by atoms with Crippen LogP contribution in [0.1, 0.15) is 31.1 Å². The maximum Gasteiger partial charge on any atom is 0.308 e. The van der Waals surface area contributed by atoms with E-state index in [2.05, 4.69) is 0 Å². The highest BCUT2D eigenvalue weighted by Crippen LogP contribution is 2.25. The van der Waals surface area contributed by atoms with Crippen molar-refractivity contribution in [3.8, 4) is 0 Å². The fraction of sp³-hybridized carbons (Fsp3) is 0.529. The van der Waals surface area contributed by atoms with E-state index in [-0.39, 0.29) is 23.3 Å². The van der Waals surface area contributed by atoms with Crippen molar-refractivity contribution < 1.29 is 23.1 Å². The predicted molar refractivity (Wildman–Crippen MR) is 92.7 cm³/mol. The van der Waals surface area contributed by atoms with E-state index in [1.54, 1.807) is 13.8 Å². The molecule has 0 aromatic heterocycles. The SMILES string of the molecule is CCN(CC)S(=O)(=O)c1ccc(C(=O)N2C[C@@H](C)[C@H](C(=O)O)C2)cc1. The molecule has 25 heavy (non-hydrogen) atoms. The average Bonchev–Trinajstić information content (AvgIpc) is 2.97. The van der Waals surface area contributed by atoms with Gasteiger partial charge in [0.15, 0.2) is 0 Å². The number of sulfonamides is 1. The van der Waals surface area contributed by atoms with Gasteiger partial charge in [-0.3, -0.25) is 9.59 Å². The second kappa shape index (κ2) is 7.53. The molecule has 8 heteroatoms. The summed E-state index contributed by atoms with van der Waals surface area (Å²) >= 11 is 0. The van der Waals surface area contributed by atoms with Gasteiger partial charge in [-0.15, -0.1) is 0 Å². The first-order valence-corrected chi connectivity index (χ1v) is 9.78. The lowest BCUT2D eigenvalue weighted by Crippen LogP contribution is -2.31. The molecule has 1 heterocycles. The van der Waals surface area contributed by atoms with Crippen LogP contribution in [-0.2, 0) is 14.8 Å². The maximum absolute atomic E-state index is 12.5. The van der Waals surface area contributed by atoms with Crippen molar-refractivity contribution >= 4 is 21.9 Å². The summed E-state index contributed by atoms with van der Waals surface area (Å²) in [5.41, 5.74) is 0.358. The lowest BCUT2D eigenvalue weighted by atomic mass is 9.99. The number of hydrogen-bond donors (Lipinski definition) is 1. The Morgan fingerprint density at radius 2 is 1.72 bits per heavy atom. The highest BCUT2D eigenvalue weighted by Gasteiger charge is 2.37. The summed E-state index contributed by atoms with van der Waals surface area (Å²) < 4.78 is 26.3. The first-order chi connectivity index (χ1) is 11.7. The molecule has 1 aromatic carbocycles. The van der Waals surface area contributed by atoms with Crippen LogP contribution in [0.3, 0.4) is 0 Å². The molecular formula is C17H24N2O5S. The number of aliphatic carboxylic acids is 1. The minimum absolute atomic E-state index is 0.108. The minimum atomic E-state index is -3.56. The van der Waals surface area contributed by atoms with Crippen LogP contribution in [-0.4, -0.2) is 60.8 Å². The van der Waals surface area contributed by atoms with Crippen LogP contribution in [0.5, 0.6) is 0 Å². The molecule has 0 aliphatic carbocycles. The van der Waals surface area contributed by atoms with E-state index in [0.29, 0.717) is 25.2 Å². The van der Waals surface area contributed by atoms with Crippen LogP contribution in [0, 0.1) is 11.8 Å². The van der Waals surface area contributed by atoms with Crippen molar-refractivity contribution in [2.75, 3.05) is 26.2 Å². The summed E-state index contributed by atoms with van der Waals surface area (Å²) in [6, 6.07) is 5.82. The van der Waals surface area contributed by atoms with Gasteiger partial charge in [0.05, 0.1) is 10.8 Å². The molecule has 1 saturated heterocycles. The number of benzene rings is 1. The summed E-state index contributed by atoms with van der Waals surface area (Å²) in [5.74, 6) is -1.85. The lowest BCUT2D eigenvalue weighted by Gasteiger charge is -2.19. The second-order valence-corrected chi connectivity index (χ2v) is 8.18. The number of hydrogen-bond acceptors (Lipinski definition) is 4. The number of carbonyl (C=O) groups excluding carboxylic acids is 1. The Bertz CT molecular complexity index is 741. The molecule has 1 aliphatic heterocycles. The molecule has 0 radical (unpaired) electrons. The van der Waals surface area contributed by atoms with Gasteiger partial charge < -0.3 is 10.0 Å². The van der Waals surface area contributed by atoms with Crippen LogP contribution in [0.2, 0.25) is 0 Å². The number of nitrogens with zero attached hydrogens (tertiary/aromatic N) is 2. The molecule has 0 saturated carbocycles. The van der Waals surface area contributed by atoms with E-state index in [4.69, 9.17) is 5.11 Å². The quantitative estimate of drug-likeness (QED) is 0.821. The zero-order valence-corrected chi connectivity index (χ0v) is 15.5. The predicted octanol–water partition coefficient (Wildman–Crippen LogP) is 1.51. The van der Waals surface area contributed by atoms with Crippen molar-refractivity contribution in [1.29, 1.82) is 0 Å². The molecule has 0 spiro atoms. The Morgan fingerprint density at radius 1 is 1.16 bits per heavy atom. The van der Waals surface area contributed by atoms with E-state index in [9.17, 15) is 18.0 Å².